The summed E-state index contributed by atoms with van der Waals surface area (Å²) in [7, 11) is -5.80. The number of benzene rings is 1. The molecule has 0 spiro atoms. The predicted molar refractivity (Wildman–Crippen MR) is 169 cm³/mol. The van der Waals surface area contributed by atoms with Gasteiger partial charge in [0.05, 0.1) is 11.4 Å². The van der Waals surface area contributed by atoms with Crippen LogP contribution in [0.2, 0.25) is 0 Å². The molecule has 4 amide bonds. The van der Waals surface area contributed by atoms with E-state index in [4.69, 9.17) is 14.5 Å². The highest BCUT2D eigenvalue weighted by Gasteiger charge is 2.50. The van der Waals surface area contributed by atoms with Gasteiger partial charge in [-0.25, -0.2) is 0 Å². The lowest BCUT2D eigenvalue weighted by molar-refractivity contribution is -0.148. The van der Waals surface area contributed by atoms with E-state index in [0.29, 0.717) is 55.8 Å². The number of carbonyl (C=O) groups excluding carboxylic acids is 4. The van der Waals surface area contributed by atoms with Gasteiger partial charge in [-0.15, -0.1) is 11.3 Å². The largest absolute Gasteiger partial charge is 0.488 e. The van der Waals surface area contributed by atoms with Crippen molar-refractivity contribution in [1.29, 1.82) is 0 Å². The van der Waals surface area contributed by atoms with Gasteiger partial charge in [0.2, 0.25) is 17.7 Å². The number of halogens is 2. The van der Waals surface area contributed by atoms with E-state index in [1.54, 1.807) is 34.3 Å². The number of ether oxygens (including phenoxy) is 1. The van der Waals surface area contributed by atoms with Gasteiger partial charge in [0.25, 0.3) is 5.91 Å². The van der Waals surface area contributed by atoms with E-state index in [1.165, 1.54) is 24.0 Å². The Bertz CT molecular complexity index is 1790. The van der Waals surface area contributed by atoms with Crippen LogP contribution in [0.4, 0.5) is 8.78 Å². The summed E-state index contributed by atoms with van der Waals surface area (Å²) in [6.07, 6.45) is 5.11. The maximum Gasteiger partial charge on any atom is 0.399 e. The number of hydrogen-bond acceptors (Lipinski definition) is 8. The molecule has 2 aromatic heterocycles. The number of thiophene rings is 1. The van der Waals surface area contributed by atoms with E-state index in [1.807, 2.05) is 0 Å². The molecule has 3 aliphatic rings. The molecule has 0 aliphatic carbocycles. The number of likely N-dealkylation sites (tertiary alicyclic amines) is 1. The topological polar surface area (TPSA) is 170 Å². The van der Waals surface area contributed by atoms with Crippen LogP contribution in [0, 0.1) is 0 Å². The van der Waals surface area contributed by atoms with Crippen LogP contribution in [-0.4, -0.2) is 104 Å². The average molecular weight is 706 g/mol. The molecule has 3 fully saturated rings. The SMILES string of the molecule is CC(=O)N1CC[C@H]2CC[C@@H](C(=O)N3CCC(Oc4ccncc4)C3)N2C(=O)C(NC(=O)c2cc3cc(C(F)(F)P(=O)(O)O)ccc3s2)C1. The zero-order chi connectivity index (χ0) is 34.4. The second-order valence-corrected chi connectivity index (χ2v) is 14.9. The summed E-state index contributed by atoms with van der Waals surface area (Å²) in [5.74, 6) is -1.03. The molecule has 1 aromatic carbocycles. The number of amides is 4. The van der Waals surface area contributed by atoms with Crippen LogP contribution in [0.1, 0.15) is 47.8 Å². The fourth-order valence-corrected chi connectivity index (χ4v) is 8.02. The van der Waals surface area contributed by atoms with E-state index >= 15 is 0 Å². The molecule has 4 atom stereocenters. The molecule has 3 N–H and O–H groups in total. The molecular formula is C31H34F2N5O8PS. The number of fused-ring (bicyclic) bond motifs is 2. The van der Waals surface area contributed by atoms with Gasteiger partial charge in [-0.05, 0) is 55.0 Å². The summed E-state index contributed by atoms with van der Waals surface area (Å²) in [6.45, 7) is 2.39. The van der Waals surface area contributed by atoms with E-state index in [0.717, 1.165) is 23.5 Å². The lowest BCUT2D eigenvalue weighted by atomic mass is 10.1. The number of rotatable bonds is 7. The zero-order valence-electron chi connectivity index (χ0n) is 25.8. The van der Waals surface area contributed by atoms with Gasteiger partial charge in [0.1, 0.15) is 23.9 Å². The number of nitrogens with one attached hydrogen (secondary N) is 1. The molecule has 6 rings (SSSR count). The van der Waals surface area contributed by atoms with Gasteiger partial charge in [0.15, 0.2) is 0 Å². The average Bonchev–Trinajstić information content (AvgIpc) is 3.79. The van der Waals surface area contributed by atoms with Crippen molar-refractivity contribution in [2.24, 2.45) is 0 Å². The molecule has 3 aliphatic heterocycles. The van der Waals surface area contributed by atoms with Crippen molar-refractivity contribution < 1.29 is 47.0 Å². The van der Waals surface area contributed by atoms with Crippen molar-refractivity contribution in [3.05, 3.63) is 59.2 Å². The van der Waals surface area contributed by atoms with Crippen LogP contribution in [0.5, 0.6) is 5.75 Å². The highest BCUT2D eigenvalue weighted by Crippen LogP contribution is 2.59. The highest BCUT2D eigenvalue weighted by molar-refractivity contribution is 7.52. The maximum atomic E-state index is 14.3. The minimum absolute atomic E-state index is 0.0637. The Hall–Kier alpha value is -3.98. The van der Waals surface area contributed by atoms with Crippen LogP contribution < -0.4 is 10.1 Å². The van der Waals surface area contributed by atoms with E-state index in [2.05, 4.69) is 10.3 Å². The normalized spacial score (nSPS) is 23.5. The van der Waals surface area contributed by atoms with Crippen LogP contribution >= 0.6 is 18.9 Å². The Labute approximate surface area is 278 Å². The molecule has 17 heteroatoms. The first-order chi connectivity index (χ1) is 22.7. The van der Waals surface area contributed by atoms with Gasteiger partial charge in [-0.3, -0.25) is 28.7 Å². The Balaban J connectivity index is 1.20. The predicted octanol–water partition coefficient (Wildman–Crippen LogP) is 2.91. The fraction of sp³-hybridized carbons (Fsp3) is 0.452. The van der Waals surface area contributed by atoms with E-state index < -0.39 is 42.7 Å². The quantitative estimate of drug-likeness (QED) is 0.313. The number of aromatic nitrogens is 1. The van der Waals surface area contributed by atoms with E-state index in [-0.39, 0.29) is 40.8 Å². The van der Waals surface area contributed by atoms with Crippen molar-refractivity contribution in [3.8, 4) is 5.75 Å². The second kappa shape index (κ2) is 13.1. The maximum absolute atomic E-state index is 14.3. The highest BCUT2D eigenvalue weighted by atomic mass is 32.1. The van der Waals surface area contributed by atoms with Gasteiger partial charge < -0.3 is 34.5 Å². The van der Waals surface area contributed by atoms with Gasteiger partial charge >= 0.3 is 13.3 Å². The van der Waals surface area contributed by atoms with Crippen LogP contribution in [0.25, 0.3) is 10.1 Å². The lowest BCUT2D eigenvalue weighted by Crippen LogP contribution is -2.61. The Morgan fingerprint density at radius 3 is 2.46 bits per heavy atom. The summed E-state index contributed by atoms with van der Waals surface area (Å²) >= 11 is 0.948. The van der Waals surface area contributed by atoms with Crippen LogP contribution in [0.15, 0.2) is 48.8 Å². The third-order valence-corrected chi connectivity index (χ3v) is 11.2. The molecule has 13 nitrogen and oxygen atoms in total. The van der Waals surface area contributed by atoms with Crippen molar-refractivity contribution >= 4 is 52.6 Å². The molecule has 0 radical (unpaired) electrons. The molecule has 48 heavy (non-hydrogen) atoms. The van der Waals surface area contributed by atoms with Crippen molar-refractivity contribution in [2.75, 3.05) is 26.2 Å². The van der Waals surface area contributed by atoms with Crippen LogP contribution in [-0.2, 0) is 24.6 Å². The number of pyridine rings is 1. The zero-order valence-corrected chi connectivity index (χ0v) is 27.5. The fourth-order valence-electron chi connectivity index (χ4n) is 6.59. The first-order valence-electron chi connectivity index (χ1n) is 15.4. The molecule has 0 saturated carbocycles. The Morgan fingerprint density at radius 1 is 1.02 bits per heavy atom. The molecular weight excluding hydrogens is 671 g/mol. The monoisotopic (exact) mass is 705 g/mol. The summed E-state index contributed by atoms with van der Waals surface area (Å²) < 4.78 is 46.5. The molecule has 5 heterocycles. The number of hydrogen-bond donors (Lipinski definition) is 3. The standard InChI is InChI=1S/C31H34F2N5O8PS/c1-18(39)36-12-8-21-3-4-25(30(42)37-13-9-23(16-37)46-22-6-10-34-11-7-22)38(21)29(41)24(17-36)35-28(40)27-15-19-14-20(2-5-26(19)48-27)31(32,33)47(43,44)45/h2,5-7,10-11,14-15,21,23-25H,3-4,8-9,12-13,16-17H2,1H3,(H,35,40)(H2,43,44,45)/t21-,23?,24?,25+/m1/s1. The minimum Gasteiger partial charge on any atom is -0.488 e. The number of nitrogens with zero attached hydrogens (tertiary/aromatic N) is 4. The van der Waals surface area contributed by atoms with E-state index in [9.17, 15) is 32.5 Å². The molecule has 2 unspecified atom stereocenters. The smallest absolute Gasteiger partial charge is 0.399 e. The Morgan fingerprint density at radius 2 is 1.75 bits per heavy atom. The molecule has 3 aromatic rings. The van der Waals surface area contributed by atoms with Crippen molar-refractivity contribution in [1.82, 2.24) is 25.0 Å². The molecule has 256 valence electrons. The minimum atomic E-state index is -5.80. The van der Waals surface area contributed by atoms with Crippen LogP contribution in [0.3, 0.4) is 0 Å². The molecule has 0 bridgehead atoms. The third-order valence-electron chi connectivity index (χ3n) is 9.09. The number of carbonyl (C=O) groups is 4. The molecule has 3 saturated heterocycles. The first-order valence-corrected chi connectivity index (χ1v) is 17.9. The summed E-state index contributed by atoms with van der Waals surface area (Å²) in [6, 6.07) is 5.56. The first kappa shape index (κ1) is 33.9. The van der Waals surface area contributed by atoms with Gasteiger partial charge in [0, 0.05) is 61.7 Å². The van der Waals surface area contributed by atoms with Crippen molar-refractivity contribution in [2.45, 2.75) is 62.5 Å². The summed E-state index contributed by atoms with van der Waals surface area (Å²) in [5, 5.41) is 2.87. The summed E-state index contributed by atoms with van der Waals surface area (Å²) in [5.41, 5.74) is -5.32. The van der Waals surface area contributed by atoms with Gasteiger partial charge in [-0.2, -0.15) is 8.78 Å². The van der Waals surface area contributed by atoms with Gasteiger partial charge in [-0.1, -0.05) is 6.07 Å². The Kier molecular flexibility index (Phi) is 9.28. The second-order valence-electron chi connectivity index (χ2n) is 12.2. The summed E-state index contributed by atoms with van der Waals surface area (Å²) in [4.78, 5) is 81.0. The number of alkyl halides is 2. The lowest BCUT2D eigenvalue weighted by Gasteiger charge is -2.39. The van der Waals surface area contributed by atoms with Crippen molar-refractivity contribution in [3.63, 3.8) is 0 Å². The third kappa shape index (κ3) is 6.66.